The molecule has 1 heterocycles. The third-order valence-electron chi connectivity index (χ3n) is 3.66. The Balaban J connectivity index is 2.29. The van der Waals surface area contributed by atoms with E-state index >= 15 is 0 Å². The molecule has 0 aromatic heterocycles. The van der Waals surface area contributed by atoms with Gasteiger partial charge >= 0.3 is 0 Å². The summed E-state index contributed by atoms with van der Waals surface area (Å²) in [7, 11) is 0. The summed E-state index contributed by atoms with van der Waals surface area (Å²) in [5, 5.41) is 0.539. The Bertz CT molecular complexity index is 539. The Morgan fingerprint density at radius 2 is 1.85 bits per heavy atom. The van der Waals surface area contributed by atoms with Crippen molar-refractivity contribution in [2.75, 3.05) is 4.90 Å². The fourth-order valence-corrected chi connectivity index (χ4v) is 2.66. The van der Waals surface area contributed by atoms with E-state index < -0.39 is 11.8 Å². The number of carbonyl (C=O) groups excluding carboxylic acids is 3. The van der Waals surface area contributed by atoms with Crippen LogP contribution in [0, 0.1) is 17.8 Å². The molecule has 1 aliphatic heterocycles. The maximum absolute atomic E-state index is 12.4. The van der Waals surface area contributed by atoms with Gasteiger partial charge in [-0.3, -0.25) is 14.5 Å². The van der Waals surface area contributed by atoms with Crippen LogP contribution in [0.2, 0.25) is 5.02 Å². The Morgan fingerprint density at radius 3 is 2.35 bits per heavy atom. The van der Waals surface area contributed by atoms with Gasteiger partial charge in [0.15, 0.2) is 0 Å². The molecule has 0 radical (unpaired) electrons. The van der Waals surface area contributed by atoms with Crippen molar-refractivity contribution in [2.24, 2.45) is 17.8 Å². The molecular formula is C15H16ClNO3. The number of carbonyl (C=O) groups is 3. The molecule has 2 atom stereocenters. The zero-order valence-electron chi connectivity index (χ0n) is 11.4. The number of hydrogen-bond acceptors (Lipinski definition) is 3. The molecule has 0 spiro atoms. The molecule has 0 aliphatic carbocycles. The first-order valence-electron chi connectivity index (χ1n) is 6.53. The molecule has 0 saturated carbocycles. The summed E-state index contributed by atoms with van der Waals surface area (Å²) >= 11 is 5.80. The van der Waals surface area contributed by atoms with Crippen LogP contribution in [0.4, 0.5) is 5.69 Å². The molecule has 106 valence electrons. The molecule has 20 heavy (non-hydrogen) atoms. The normalized spacial score (nSPS) is 20.6. The van der Waals surface area contributed by atoms with E-state index in [1.807, 2.05) is 13.8 Å². The van der Waals surface area contributed by atoms with Crippen LogP contribution in [0.1, 0.15) is 20.3 Å². The van der Waals surface area contributed by atoms with Crippen molar-refractivity contribution in [3.8, 4) is 0 Å². The molecule has 0 bridgehead atoms. The van der Waals surface area contributed by atoms with Crippen LogP contribution in [-0.2, 0) is 14.4 Å². The third kappa shape index (κ3) is 2.61. The Kier molecular flexibility index (Phi) is 4.23. The van der Waals surface area contributed by atoms with E-state index in [1.54, 1.807) is 24.3 Å². The molecule has 4 nitrogen and oxygen atoms in total. The predicted molar refractivity (Wildman–Crippen MR) is 76.4 cm³/mol. The van der Waals surface area contributed by atoms with Gasteiger partial charge in [0.2, 0.25) is 11.8 Å². The smallest absolute Gasteiger partial charge is 0.238 e. The highest BCUT2D eigenvalue weighted by Crippen LogP contribution is 2.33. The van der Waals surface area contributed by atoms with Gasteiger partial charge in [0.1, 0.15) is 6.29 Å². The Morgan fingerprint density at radius 1 is 1.25 bits per heavy atom. The van der Waals surface area contributed by atoms with Crippen molar-refractivity contribution in [1.82, 2.24) is 0 Å². The molecule has 0 N–H and O–H groups in total. The van der Waals surface area contributed by atoms with E-state index in [1.165, 1.54) is 0 Å². The van der Waals surface area contributed by atoms with Crippen molar-refractivity contribution in [2.45, 2.75) is 20.3 Å². The van der Waals surface area contributed by atoms with Gasteiger partial charge in [-0.15, -0.1) is 0 Å². The van der Waals surface area contributed by atoms with E-state index in [9.17, 15) is 14.4 Å². The van der Waals surface area contributed by atoms with Gasteiger partial charge in [0, 0.05) is 17.4 Å². The molecule has 0 unspecified atom stereocenters. The minimum Gasteiger partial charge on any atom is -0.303 e. The zero-order chi connectivity index (χ0) is 14.9. The van der Waals surface area contributed by atoms with Crippen molar-refractivity contribution in [1.29, 1.82) is 0 Å². The van der Waals surface area contributed by atoms with Crippen LogP contribution in [-0.4, -0.2) is 18.1 Å². The van der Waals surface area contributed by atoms with Crippen LogP contribution >= 0.6 is 11.6 Å². The number of benzene rings is 1. The zero-order valence-corrected chi connectivity index (χ0v) is 12.1. The van der Waals surface area contributed by atoms with E-state index in [0.717, 1.165) is 11.2 Å². The van der Waals surface area contributed by atoms with Gasteiger partial charge in [-0.05, 0) is 30.2 Å². The molecule has 1 aromatic carbocycles. The average Bonchev–Trinajstić information content (AvgIpc) is 2.67. The first-order valence-corrected chi connectivity index (χ1v) is 6.91. The third-order valence-corrected chi connectivity index (χ3v) is 3.91. The second kappa shape index (κ2) is 5.75. The van der Waals surface area contributed by atoms with E-state index in [2.05, 4.69) is 0 Å². The second-order valence-corrected chi connectivity index (χ2v) is 5.75. The Hall–Kier alpha value is -1.68. The molecule has 5 heteroatoms. The maximum Gasteiger partial charge on any atom is 0.238 e. The molecule has 2 rings (SSSR count). The van der Waals surface area contributed by atoms with Crippen LogP contribution in [0.5, 0.6) is 0 Å². The van der Waals surface area contributed by atoms with Gasteiger partial charge in [-0.2, -0.15) is 0 Å². The lowest BCUT2D eigenvalue weighted by Gasteiger charge is -2.20. The Labute approximate surface area is 122 Å². The fourth-order valence-electron chi connectivity index (χ4n) is 2.53. The highest BCUT2D eigenvalue weighted by Gasteiger charge is 2.44. The number of imide groups is 1. The summed E-state index contributed by atoms with van der Waals surface area (Å²) in [6.45, 7) is 3.75. The average molecular weight is 294 g/mol. The van der Waals surface area contributed by atoms with Gasteiger partial charge in [0.05, 0.1) is 11.6 Å². The van der Waals surface area contributed by atoms with E-state index in [4.69, 9.17) is 11.6 Å². The predicted octanol–water partition coefficient (Wildman–Crippen LogP) is 2.69. The lowest BCUT2D eigenvalue weighted by Crippen LogP contribution is -2.33. The first kappa shape index (κ1) is 14.7. The number of amides is 2. The monoisotopic (exact) mass is 293 g/mol. The summed E-state index contributed by atoms with van der Waals surface area (Å²) in [5.74, 6) is -1.53. The van der Waals surface area contributed by atoms with E-state index in [0.29, 0.717) is 10.7 Å². The number of anilines is 1. The van der Waals surface area contributed by atoms with Gasteiger partial charge < -0.3 is 4.79 Å². The number of halogens is 1. The quantitative estimate of drug-likeness (QED) is 0.633. The molecule has 1 aromatic rings. The molecule has 1 aliphatic rings. The SMILES string of the molecule is CC(C)[C@@H](C=O)[C@@H]1CC(=O)N(c2ccc(Cl)cc2)C1=O. The maximum atomic E-state index is 12.4. The number of hydrogen-bond donors (Lipinski definition) is 0. The molecular weight excluding hydrogens is 278 g/mol. The van der Waals surface area contributed by atoms with Gasteiger partial charge in [-0.1, -0.05) is 25.4 Å². The second-order valence-electron chi connectivity index (χ2n) is 5.31. The first-order chi connectivity index (χ1) is 9.45. The van der Waals surface area contributed by atoms with Crippen molar-refractivity contribution in [3.63, 3.8) is 0 Å². The summed E-state index contributed by atoms with van der Waals surface area (Å²) in [6.07, 6.45) is 0.870. The van der Waals surface area contributed by atoms with Gasteiger partial charge in [-0.25, -0.2) is 0 Å². The largest absolute Gasteiger partial charge is 0.303 e. The molecule has 1 saturated heterocycles. The highest BCUT2D eigenvalue weighted by molar-refractivity contribution is 6.30. The summed E-state index contributed by atoms with van der Waals surface area (Å²) in [5.41, 5.74) is 0.500. The lowest BCUT2D eigenvalue weighted by molar-refractivity contribution is -0.126. The lowest BCUT2D eigenvalue weighted by atomic mass is 9.83. The topological polar surface area (TPSA) is 54.5 Å². The molecule has 2 amide bonds. The van der Waals surface area contributed by atoms with E-state index in [-0.39, 0.29) is 24.2 Å². The van der Waals surface area contributed by atoms with Crippen LogP contribution in [0.3, 0.4) is 0 Å². The van der Waals surface area contributed by atoms with Crippen LogP contribution in [0.25, 0.3) is 0 Å². The molecule has 1 fully saturated rings. The standard InChI is InChI=1S/C15H16ClNO3/c1-9(2)13(8-18)12-7-14(19)17(15(12)20)11-5-3-10(16)4-6-11/h3-6,8-9,12-13H,7H2,1-2H3/t12-,13+/m0/s1. The van der Waals surface area contributed by atoms with Crippen molar-refractivity contribution >= 4 is 35.4 Å². The number of nitrogens with zero attached hydrogens (tertiary/aromatic N) is 1. The minimum atomic E-state index is -0.560. The number of aldehydes is 1. The van der Waals surface area contributed by atoms with Crippen LogP contribution in [0.15, 0.2) is 24.3 Å². The highest BCUT2D eigenvalue weighted by atomic mass is 35.5. The minimum absolute atomic E-state index is 0.0272. The van der Waals surface area contributed by atoms with Crippen molar-refractivity contribution in [3.05, 3.63) is 29.3 Å². The fraction of sp³-hybridized carbons (Fsp3) is 0.400. The number of rotatable bonds is 4. The van der Waals surface area contributed by atoms with Crippen LogP contribution < -0.4 is 4.90 Å². The van der Waals surface area contributed by atoms with Crippen molar-refractivity contribution < 1.29 is 14.4 Å². The van der Waals surface area contributed by atoms with Gasteiger partial charge in [0.25, 0.3) is 0 Å². The summed E-state index contributed by atoms with van der Waals surface area (Å²) in [4.78, 5) is 36.8. The summed E-state index contributed by atoms with van der Waals surface area (Å²) < 4.78 is 0. The summed E-state index contributed by atoms with van der Waals surface area (Å²) in [6, 6.07) is 6.52.